The molecule has 0 N–H and O–H groups in total. The van der Waals surface area contributed by atoms with Crippen molar-refractivity contribution in [1.29, 1.82) is 0 Å². The van der Waals surface area contributed by atoms with E-state index in [4.69, 9.17) is 0 Å². The number of carbonyl (C=O) groups excluding carboxylic acids is 1. The smallest absolute Gasteiger partial charge is 0.255 e. The highest BCUT2D eigenvalue weighted by molar-refractivity contribution is 8.00. The van der Waals surface area contributed by atoms with Crippen molar-refractivity contribution < 1.29 is 4.79 Å². The summed E-state index contributed by atoms with van der Waals surface area (Å²) in [5.74, 6) is 2.02. The molecular weight excluding hydrogens is 344 g/mol. The summed E-state index contributed by atoms with van der Waals surface area (Å²) in [6.07, 6.45) is 1.12. The summed E-state index contributed by atoms with van der Waals surface area (Å²) in [6, 6.07) is 7.95. The Hall–Kier alpha value is -0.980. The zero-order valence-corrected chi connectivity index (χ0v) is 15.6. The first-order valence-corrected chi connectivity index (χ1v) is 10.8. The van der Waals surface area contributed by atoms with Crippen LogP contribution in [0.2, 0.25) is 0 Å². The molecule has 0 unspecified atom stereocenters. The molecule has 1 aliphatic heterocycles. The van der Waals surface area contributed by atoms with Crippen LogP contribution in [0.15, 0.2) is 40.1 Å². The predicted octanol–water partition coefficient (Wildman–Crippen LogP) is 4.40. The van der Waals surface area contributed by atoms with Crippen molar-refractivity contribution in [2.24, 2.45) is 0 Å². The summed E-state index contributed by atoms with van der Waals surface area (Å²) < 4.78 is 0. The molecule has 1 aromatic heterocycles. The minimum Gasteiger partial charge on any atom is -0.337 e. The number of amides is 1. The Morgan fingerprint density at radius 3 is 3.09 bits per heavy atom. The molecular formula is C17H20N2OS3. The van der Waals surface area contributed by atoms with E-state index in [9.17, 15) is 4.79 Å². The molecule has 1 saturated heterocycles. The Morgan fingerprint density at radius 1 is 1.43 bits per heavy atom. The summed E-state index contributed by atoms with van der Waals surface area (Å²) >= 11 is 5.29. The van der Waals surface area contributed by atoms with Crippen LogP contribution in [0.3, 0.4) is 0 Å². The largest absolute Gasteiger partial charge is 0.337 e. The van der Waals surface area contributed by atoms with Gasteiger partial charge >= 0.3 is 0 Å². The highest BCUT2D eigenvalue weighted by atomic mass is 32.2. The summed E-state index contributed by atoms with van der Waals surface area (Å²) in [5, 5.41) is 2.63. The molecule has 3 rings (SSSR count). The first-order valence-electron chi connectivity index (χ1n) is 7.77. The monoisotopic (exact) mass is 364 g/mol. The first kappa shape index (κ1) is 16.9. The molecule has 0 aliphatic carbocycles. The minimum atomic E-state index is 0.171. The molecule has 0 radical (unpaired) electrons. The van der Waals surface area contributed by atoms with Crippen molar-refractivity contribution in [3.63, 3.8) is 0 Å². The van der Waals surface area contributed by atoms with E-state index in [-0.39, 0.29) is 5.91 Å². The lowest BCUT2D eigenvalue weighted by molar-refractivity contribution is 0.0757. The van der Waals surface area contributed by atoms with Crippen LogP contribution in [0.1, 0.15) is 29.4 Å². The van der Waals surface area contributed by atoms with Crippen molar-refractivity contribution in [2.45, 2.75) is 29.2 Å². The fourth-order valence-corrected chi connectivity index (χ4v) is 5.34. The maximum absolute atomic E-state index is 12.9. The van der Waals surface area contributed by atoms with Crippen molar-refractivity contribution in [3.8, 4) is 0 Å². The van der Waals surface area contributed by atoms with Gasteiger partial charge < -0.3 is 4.90 Å². The molecule has 0 saturated carbocycles. The van der Waals surface area contributed by atoms with Gasteiger partial charge in [0.15, 0.2) is 0 Å². The van der Waals surface area contributed by atoms with Crippen LogP contribution in [0, 0.1) is 0 Å². The van der Waals surface area contributed by atoms with Crippen LogP contribution < -0.4 is 0 Å². The Labute approximate surface area is 149 Å². The van der Waals surface area contributed by atoms with Crippen molar-refractivity contribution in [1.82, 2.24) is 9.88 Å². The first-order chi connectivity index (χ1) is 11.3. The predicted molar refractivity (Wildman–Crippen MR) is 101 cm³/mol. The molecule has 1 atom stereocenters. The number of carbonyl (C=O) groups is 1. The normalized spacial score (nSPS) is 18.1. The second-order valence-electron chi connectivity index (χ2n) is 5.42. The summed E-state index contributed by atoms with van der Waals surface area (Å²) in [5.41, 5.74) is 3.75. The average molecular weight is 365 g/mol. The number of thiazole rings is 1. The topological polar surface area (TPSA) is 33.2 Å². The standard InChI is InChI=1S/C17H20N2OS3/c1-2-14-9-19(7-8-22-14)17(20)15-5-3-4-6-16(15)23-11-13-10-21-12-18-13/h3-6,10,12,14H,2,7-9,11H2,1H3/t14-/m1/s1. The fourth-order valence-electron chi connectivity index (χ4n) is 2.55. The quantitative estimate of drug-likeness (QED) is 0.736. The van der Waals surface area contributed by atoms with E-state index < -0.39 is 0 Å². The molecule has 1 aliphatic rings. The number of benzene rings is 1. The van der Waals surface area contributed by atoms with Gasteiger partial charge in [-0.05, 0) is 18.6 Å². The Morgan fingerprint density at radius 2 is 2.30 bits per heavy atom. The van der Waals surface area contributed by atoms with Crippen LogP contribution in [-0.2, 0) is 5.75 Å². The molecule has 23 heavy (non-hydrogen) atoms. The summed E-state index contributed by atoms with van der Waals surface area (Å²) in [4.78, 5) is 20.3. The van der Waals surface area contributed by atoms with Crippen molar-refractivity contribution >= 4 is 40.8 Å². The van der Waals surface area contributed by atoms with E-state index in [1.54, 1.807) is 23.1 Å². The fraction of sp³-hybridized carbons (Fsp3) is 0.412. The van der Waals surface area contributed by atoms with E-state index in [2.05, 4.69) is 17.3 Å². The number of hydrogen-bond acceptors (Lipinski definition) is 5. The van der Waals surface area contributed by atoms with Gasteiger partial charge in [0.25, 0.3) is 5.91 Å². The lowest BCUT2D eigenvalue weighted by atomic mass is 10.2. The molecule has 1 amide bonds. The van der Waals surface area contributed by atoms with Gasteiger partial charge in [-0.15, -0.1) is 23.1 Å². The van der Waals surface area contributed by atoms with Crippen LogP contribution in [0.25, 0.3) is 0 Å². The Kier molecular flexibility index (Phi) is 6.02. The molecule has 1 fully saturated rings. The maximum atomic E-state index is 12.9. The van der Waals surface area contributed by atoms with E-state index in [1.807, 2.05) is 46.4 Å². The van der Waals surface area contributed by atoms with E-state index in [0.29, 0.717) is 5.25 Å². The van der Waals surface area contributed by atoms with Gasteiger partial charge in [-0.25, -0.2) is 4.98 Å². The average Bonchev–Trinajstić information content (AvgIpc) is 3.13. The Balaban J connectivity index is 1.72. The summed E-state index contributed by atoms with van der Waals surface area (Å²) in [7, 11) is 0. The maximum Gasteiger partial charge on any atom is 0.255 e. The molecule has 3 nitrogen and oxygen atoms in total. The van der Waals surface area contributed by atoms with Gasteiger partial charge in [0.05, 0.1) is 16.8 Å². The third-order valence-electron chi connectivity index (χ3n) is 3.86. The van der Waals surface area contributed by atoms with E-state index >= 15 is 0 Å². The SMILES string of the molecule is CC[C@@H]1CN(C(=O)c2ccccc2SCc2cscn2)CCS1. The summed E-state index contributed by atoms with van der Waals surface area (Å²) in [6.45, 7) is 3.92. The number of nitrogens with zero attached hydrogens (tertiary/aromatic N) is 2. The second kappa shape index (κ2) is 8.22. The van der Waals surface area contributed by atoms with Gasteiger partial charge in [-0.2, -0.15) is 11.8 Å². The Bertz CT molecular complexity index is 645. The van der Waals surface area contributed by atoms with Crippen LogP contribution in [0.5, 0.6) is 0 Å². The van der Waals surface area contributed by atoms with Crippen molar-refractivity contribution in [2.75, 3.05) is 18.8 Å². The molecule has 2 heterocycles. The van der Waals surface area contributed by atoms with Gasteiger partial charge in [0.1, 0.15) is 0 Å². The third-order valence-corrected chi connectivity index (χ3v) is 6.97. The van der Waals surface area contributed by atoms with Crippen LogP contribution in [-0.4, -0.2) is 39.9 Å². The van der Waals surface area contributed by atoms with Gasteiger partial charge in [-0.1, -0.05) is 19.1 Å². The number of aromatic nitrogens is 1. The molecule has 0 bridgehead atoms. The zero-order valence-electron chi connectivity index (χ0n) is 13.1. The molecule has 122 valence electrons. The zero-order chi connectivity index (χ0) is 16.1. The third kappa shape index (κ3) is 4.31. The van der Waals surface area contributed by atoms with Gasteiger partial charge in [-0.3, -0.25) is 4.79 Å². The molecule has 6 heteroatoms. The number of thioether (sulfide) groups is 2. The van der Waals surface area contributed by atoms with Gasteiger partial charge in [0, 0.05) is 40.1 Å². The van der Waals surface area contributed by atoms with E-state index in [1.165, 1.54) is 0 Å². The van der Waals surface area contributed by atoms with Crippen LogP contribution >= 0.6 is 34.9 Å². The highest BCUT2D eigenvalue weighted by Crippen LogP contribution is 2.29. The number of hydrogen-bond donors (Lipinski definition) is 0. The molecule has 1 aromatic carbocycles. The number of rotatable bonds is 5. The molecule has 2 aromatic rings. The van der Waals surface area contributed by atoms with E-state index in [0.717, 1.165) is 47.2 Å². The molecule has 0 spiro atoms. The van der Waals surface area contributed by atoms with Gasteiger partial charge in [0.2, 0.25) is 0 Å². The highest BCUT2D eigenvalue weighted by Gasteiger charge is 2.25. The van der Waals surface area contributed by atoms with Crippen molar-refractivity contribution in [3.05, 3.63) is 46.4 Å². The lowest BCUT2D eigenvalue weighted by Gasteiger charge is -2.32. The van der Waals surface area contributed by atoms with Crippen LogP contribution in [0.4, 0.5) is 0 Å². The lowest BCUT2D eigenvalue weighted by Crippen LogP contribution is -2.41. The minimum absolute atomic E-state index is 0.171. The second-order valence-corrected chi connectivity index (χ2v) is 8.56.